The number of nitrogens with zero attached hydrogens (tertiary/aromatic N) is 4. The highest BCUT2D eigenvalue weighted by Crippen LogP contribution is 2.19. The molecule has 2 aromatic rings. The third-order valence-corrected chi connectivity index (χ3v) is 3.72. The second kappa shape index (κ2) is 3.96. The first-order valence-electron chi connectivity index (χ1n) is 5.39. The zero-order chi connectivity index (χ0) is 11.1. The molecule has 4 nitrogen and oxygen atoms in total. The van der Waals surface area contributed by atoms with E-state index in [1.54, 1.807) is 0 Å². The van der Waals surface area contributed by atoms with Gasteiger partial charge in [0.2, 0.25) is 0 Å². The Balaban J connectivity index is 1.89. The topological polar surface area (TPSA) is 34.0 Å². The van der Waals surface area contributed by atoms with Crippen molar-refractivity contribution in [3.8, 4) is 0 Å². The van der Waals surface area contributed by atoms with Crippen LogP contribution in [0.1, 0.15) is 0 Å². The second-order valence-electron chi connectivity index (χ2n) is 4.49. The smallest absolute Gasteiger partial charge is 0.113 e. The Hall–Kier alpha value is -0.690. The average molecular weight is 328 g/mol. The van der Waals surface area contributed by atoms with Gasteiger partial charge < -0.3 is 4.90 Å². The molecule has 1 aliphatic heterocycles. The lowest BCUT2D eigenvalue weighted by atomic mass is 10.0. The summed E-state index contributed by atoms with van der Waals surface area (Å²) in [5, 5.41) is 8.41. The van der Waals surface area contributed by atoms with E-state index in [2.05, 4.69) is 57.0 Å². The zero-order valence-corrected chi connectivity index (χ0v) is 11.3. The molecule has 1 aromatic heterocycles. The van der Waals surface area contributed by atoms with Gasteiger partial charge in [0.05, 0.1) is 5.52 Å². The number of rotatable bonds is 2. The number of halogens is 1. The number of likely N-dealkylation sites (tertiary alicyclic amines) is 1. The van der Waals surface area contributed by atoms with Crippen LogP contribution in [0, 0.1) is 9.49 Å². The molecule has 0 spiro atoms. The minimum Gasteiger partial charge on any atom is -0.306 e. The van der Waals surface area contributed by atoms with Gasteiger partial charge in [0.15, 0.2) is 0 Å². The number of aromatic nitrogens is 3. The van der Waals surface area contributed by atoms with Crippen LogP contribution in [0.15, 0.2) is 18.2 Å². The van der Waals surface area contributed by atoms with Crippen LogP contribution >= 0.6 is 22.6 Å². The van der Waals surface area contributed by atoms with Crippen molar-refractivity contribution in [2.24, 2.45) is 5.92 Å². The monoisotopic (exact) mass is 328 g/mol. The number of fused-ring (bicyclic) bond motifs is 1. The molecule has 3 rings (SSSR count). The maximum atomic E-state index is 4.23. The quantitative estimate of drug-likeness (QED) is 0.786. The van der Waals surface area contributed by atoms with E-state index in [1.807, 2.05) is 10.7 Å². The normalized spacial score (nSPS) is 17.9. The van der Waals surface area contributed by atoms with E-state index in [0.29, 0.717) is 0 Å². The summed E-state index contributed by atoms with van der Waals surface area (Å²) in [6.07, 6.45) is 0. The average Bonchev–Trinajstić information content (AvgIpc) is 2.59. The molecule has 2 heterocycles. The molecule has 1 aromatic carbocycles. The molecule has 0 N–H and O–H groups in total. The Bertz CT molecular complexity index is 516. The van der Waals surface area contributed by atoms with Crippen molar-refractivity contribution in [2.75, 3.05) is 20.1 Å². The minimum atomic E-state index is 0.729. The van der Waals surface area contributed by atoms with Gasteiger partial charge >= 0.3 is 0 Å². The van der Waals surface area contributed by atoms with Crippen LogP contribution < -0.4 is 0 Å². The lowest BCUT2D eigenvalue weighted by Gasteiger charge is -2.35. The maximum absolute atomic E-state index is 4.23. The molecule has 1 saturated heterocycles. The van der Waals surface area contributed by atoms with E-state index in [1.165, 1.54) is 16.7 Å². The summed E-state index contributed by atoms with van der Waals surface area (Å²) in [6.45, 7) is 3.33. The molecular formula is C11H13IN4. The van der Waals surface area contributed by atoms with Gasteiger partial charge in [-0.1, -0.05) is 5.21 Å². The van der Waals surface area contributed by atoms with Gasteiger partial charge in [0.1, 0.15) is 5.52 Å². The zero-order valence-electron chi connectivity index (χ0n) is 9.10. The fourth-order valence-electron chi connectivity index (χ4n) is 2.26. The van der Waals surface area contributed by atoms with E-state index in [0.717, 1.165) is 23.5 Å². The summed E-state index contributed by atoms with van der Waals surface area (Å²) in [5.74, 6) is 0.729. The molecule has 0 amide bonds. The summed E-state index contributed by atoms with van der Waals surface area (Å²) < 4.78 is 3.27. The maximum Gasteiger partial charge on any atom is 0.113 e. The van der Waals surface area contributed by atoms with Gasteiger partial charge in [-0.3, -0.25) is 0 Å². The molecule has 0 unspecified atom stereocenters. The van der Waals surface area contributed by atoms with E-state index >= 15 is 0 Å². The molecule has 16 heavy (non-hydrogen) atoms. The van der Waals surface area contributed by atoms with Crippen LogP contribution in [0.2, 0.25) is 0 Å². The highest BCUT2D eigenvalue weighted by Gasteiger charge is 2.24. The van der Waals surface area contributed by atoms with Crippen molar-refractivity contribution in [3.63, 3.8) is 0 Å². The Labute approximate surface area is 108 Å². The summed E-state index contributed by atoms with van der Waals surface area (Å²) in [4.78, 5) is 2.33. The fourth-order valence-corrected chi connectivity index (χ4v) is 2.74. The summed E-state index contributed by atoms with van der Waals surface area (Å²) >= 11 is 2.33. The third kappa shape index (κ3) is 1.82. The van der Waals surface area contributed by atoms with Crippen LogP contribution in [-0.2, 0) is 6.54 Å². The molecule has 0 bridgehead atoms. The van der Waals surface area contributed by atoms with Crippen LogP contribution in [0.3, 0.4) is 0 Å². The van der Waals surface area contributed by atoms with Crippen molar-refractivity contribution >= 4 is 33.6 Å². The fraction of sp³-hybridized carbons (Fsp3) is 0.455. The number of hydrogen-bond donors (Lipinski definition) is 0. The van der Waals surface area contributed by atoms with Gasteiger partial charge in [-0.15, -0.1) is 5.10 Å². The molecular weight excluding hydrogens is 315 g/mol. The predicted octanol–water partition coefficient (Wildman–Crippen LogP) is 1.60. The Morgan fingerprint density at radius 2 is 2.25 bits per heavy atom. The molecule has 0 aliphatic carbocycles. The van der Waals surface area contributed by atoms with Crippen LogP contribution in [0.25, 0.3) is 11.0 Å². The first-order chi connectivity index (χ1) is 7.72. The molecule has 0 saturated carbocycles. The van der Waals surface area contributed by atoms with Gasteiger partial charge in [0.25, 0.3) is 0 Å². The summed E-state index contributed by atoms with van der Waals surface area (Å²) in [6, 6.07) is 6.25. The summed E-state index contributed by atoms with van der Waals surface area (Å²) in [5.41, 5.74) is 2.15. The third-order valence-electron chi connectivity index (χ3n) is 3.05. The van der Waals surface area contributed by atoms with Crippen molar-refractivity contribution in [1.82, 2.24) is 19.9 Å². The Morgan fingerprint density at radius 3 is 3.00 bits per heavy atom. The highest BCUT2D eigenvalue weighted by molar-refractivity contribution is 14.1. The highest BCUT2D eigenvalue weighted by atomic mass is 127. The van der Waals surface area contributed by atoms with E-state index < -0.39 is 0 Å². The predicted molar refractivity (Wildman–Crippen MR) is 71.2 cm³/mol. The number of hydrogen-bond acceptors (Lipinski definition) is 3. The van der Waals surface area contributed by atoms with E-state index in [-0.39, 0.29) is 0 Å². The molecule has 5 heteroatoms. The Kier molecular flexibility index (Phi) is 2.59. The first-order valence-corrected chi connectivity index (χ1v) is 6.47. The van der Waals surface area contributed by atoms with Crippen molar-refractivity contribution in [1.29, 1.82) is 0 Å². The van der Waals surface area contributed by atoms with Crippen LogP contribution in [0.5, 0.6) is 0 Å². The molecule has 0 radical (unpaired) electrons. The van der Waals surface area contributed by atoms with Gasteiger partial charge in [-0.25, -0.2) is 4.68 Å². The lowest BCUT2D eigenvalue weighted by molar-refractivity contribution is 0.116. The van der Waals surface area contributed by atoms with Crippen molar-refractivity contribution < 1.29 is 0 Å². The van der Waals surface area contributed by atoms with Crippen molar-refractivity contribution in [2.45, 2.75) is 6.54 Å². The van der Waals surface area contributed by atoms with Gasteiger partial charge in [-0.05, 0) is 47.8 Å². The standard InChI is InChI=1S/C11H13IN4/c1-15-5-8(6-15)7-16-11-4-9(12)2-3-10(11)13-14-16/h2-4,8H,5-7H2,1H3. The van der Waals surface area contributed by atoms with Crippen LogP contribution in [0.4, 0.5) is 0 Å². The molecule has 1 aliphatic rings. The first kappa shape index (κ1) is 10.5. The van der Waals surface area contributed by atoms with Gasteiger partial charge in [-0.2, -0.15) is 0 Å². The van der Waals surface area contributed by atoms with Gasteiger partial charge in [0, 0.05) is 29.1 Å². The second-order valence-corrected chi connectivity index (χ2v) is 5.74. The summed E-state index contributed by atoms with van der Waals surface area (Å²) in [7, 11) is 2.15. The van der Waals surface area contributed by atoms with E-state index in [9.17, 15) is 0 Å². The molecule has 84 valence electrons. The number of benzene rings is 1. The molecule has 1 fully saturated rings. The van der Waals surface area contributed by atoms with Crippen molar-refractivity contribution in [3.05, 3.63) is 21.8 Å². The van der Waals surface area contributed by atoms with E-state index in [4.69, 9.17) is 0 Å². The molecule has 0 atom stereocenters. The SMILES string of the molecule is CN1CC(Cn2nnc3ccc(I)cc32)C1. The lowest BCUT2D eigenvalue weighted by Crippen LogP contribution is -2.45. The largest absolute Gasteiger partial charge is 0.306 e. The minimum absolute atomic E-state index is 0.729. The Morgan fingerprint density at radius 1 is 1.44 bits per heavy atom. The van der Waals surface area contributed by atoms with Crippen LogP contribution in [-0.4, -0.2) is 40.0 Å².